The van der Waals surface area contributed by atoms with Crippen molar-refractivity contribution in [2.75, 3.05) is 19.7 Å². The van der Waals surface area contributed by atoms with Crippen LogP contribution in [0.15, 0.2) is 71.6 Å². The van der Waals surface area contributed by atoms with E-state index in [1.54, 1.807) is 66.4 Å². The number of nitrogens with zero attached hydrogens (tertiary/aromatic N) is 1. The van der Waals surface area contributed by atoms with Crippen molar-refractivity contribution in [3.05, 3.63) is 72.3 Å². The Labute approximate surface area is 198 Å². The first-order chi connectivity index (χ1) is 16.4. The molecular formula is C25H26N2O6S. The van der Waals surface area contributed by atoms with Gasteiger partial charge in [0, 0.05) is 29.9 Å². The molecular weight excluding hydrogens is 456 g/mol. The van der Waals surface area contributed by atoms with Crippen LogP contribution in [0.2, 0.25) is 0 Å². The van der Waals surface area contributed by atoms with Gasteiger partial charge in [0.25, 0.3) is 0 Å². The van der Waals surface area contributed by atoms with Crippen molar-refractivity contribution >= 4 is 32.9 Å². The summed E-state index contributed by atoms with van der Waals surface area (Å²) in [5.41, 5.74) is 0.402. The Balaban J connectivity index is 1.53. The maximum absolute atomic E-state index is 13.3. The van der Waals surface area contributed by atoms with Crippen molar-refractivity contribution in [3.8, 4) is 5.75 Å². The van der Waals surface area contributed by atoms with Gasteiger partial charge in [0.2, 0.25) is 10.0 Å². The van der Waals surface area contributed by atoms with E-state index in [4.69, 9.17) is 9.47 Å². The van der Waals surface area contributed by atoms with E-state index in [1.165, 1.54) is 12.1 Å². The number of esters is 1. The lowest BCUT2D eigenvalue weighted by Gasteiger charge is -2.31. The molecule has 0 saturated carbocycles. The Morgan fingerprint density at radius 3 is 2.26 bits per heavy atom. The molecule has 0 atom stereocenters. The molecule has 1 aliphatic rings. The first-order valence-corrected chi connectivity index (χ1v) is 12.6. The molecule has 4 rings (SSSR count). The summed E-state index contributed by atoms with van der Waals surface area (Å²) in [7, 11) is -3.86. The average molecular weight is 483 g/mol. The fourth-order valence-corrected chi connectivity index (χ4v) is 5.49. The van der Waals surface area contributed by atoms with Gasteiger partial charge >= 0.3 is 12.1 Å². The van der Waals surface area contributed by atoms with Crippen molar-refractivity contribution in [2.24, 2.45) is 0 Å². The van der Waals surface area contributed by atoms with Crippen LogP contribution in [-0.2, 0) is 14.8 Å². The van der Waals surface area contributed by atoms with Crippen molar-refractivity contribution in [1.82, 2.24) is 9.62 Å². The van der Waals surface area contributed by atoms with E-state index in [9.17, 15) is 18.0 Å². The molecule has 0 bridgehead atoms. The van der Waals surface area contributed by atoms with Gasteiger partial charge in [-0.25, -0.2) is 22.7 Å². The molecule has 34 heavy (non-hydrogen) atoms. The van der Waals surface area contributed by atoms with Crippen LogP contribution in [0, 0.1) is 0 Å². The third-order valence-corrected chi connectivity index (χ3v) is 7.27. The number of fused-ring (bicyclic) bond motifs is 1. The lowest BCUT2D eigenvalue weighted by Crippen LogP contribution is -2.46. The number of rotatable bonds is 6. The minimum absolute atomic E-state index is 0.107. The van der Waals surface area contributed by atoms with Gasteiger partial charge in [-0.05, 0) is 44.0 Å². The number of amides is 1. The molecule has 1 saturated heterocycles. The number of piperidine rings is 1. The minimum Gasteiger partial charge on any atom is -0.450 e. The Bertz CT molecular complexity index is 1290. The third-order valence-electron chi connectivity index (χ3n) is 5.69. The van der Waals surface area contributed by atoms with Crippen LogP contribution in [0.3, 0.4) is 0 Å². The van der Waals surface area contributed by atoms with E-state index >= 15 is 0 Å². The molecule has 0 radical (unpaired) electrons. The first-order valence-electron chi connectivity index (χ1n) is 11.1. The zero-order valence-electron chi connectivity index (χ0n) is 18.8. The van der Waals surface area contributed by atoms with Gasteiger partial charge in [0.05, 0.1) is 17.1 Å². The number of carbonyl (C=O) groups is 2. The van der Waals surface area contributed by atoms with E-state index in [0.717, 1.165) is 0 Å². The quantitative estimate of drug-likeness (QED) is 0.422. The Morgan fingerprint density at radius 1 is 0.941 bits per heavy atom. The standard InChI is InChI=1S/C25H26N2O6S/c1-2-32-25(29)27-16-14-19(15-17-27)26-34(30,31)23-13-12-22(20-10-6-7-11-21(20)23)33-24(28)18-8-4-3-5-9-18/h3-13,19,26H,2,14-17H2,1H3. The van der Waals surface area contributed by atoms with Crippen molar-refractivity contribution < 1.29 is 27.5 Å². The number of ether oxygens (including phenoxy) is 2. The number of hydrogen-bond donors (Lipinski definition) is 1. The number of likely N-dealkylation sites (tertiary alicyclic amines) is 1. The van der Waals surface area contributed by atoms with Gasteiger partial charge in [-0.3, -0.25) is 0 Å². The zero-order valence-corrected chi connectivity index (χ0v) is 19.6. The molecule has 0 aromatic heterocycles. The number of nitrogens with one attached hydrogen (secondary N) is 1. The summed E-state index contributed by atoms with van der Waals surface area (Å²) < 4.78 is 39.9. The van der Waals surface area contributed by atoms with E-state index in [1.807, 2.05) is 0 Å². The van der Waals surface area contributed by atoms with E-state index in [-0.39, 0.29) is 22.8 Å². The zero-order chi connectivity index (χ0) is 24.1. The molecule has 1 heterocycles. The predicted octanol–water partition coefficient (Wildman–Crippen LogP) is 3.96. The maximum atomic E-state index is 13.3. The second-order valence-corrected chi connectivity index (χ2v) is 9.63. The van der Waals surface area contributed by atoms with Crippen LogP contribution in [0.4, 0.5) is 4.79 Å². The molecule has 1 fully saturated rings. The molecule has 8 nitrogen and oxygen atoms in total. The van der Waals surface area contributed by atoms with Crippen LogP contribution >= 0.6 is 0 Å². The highest BCUT2D eigenvalue weighted by Crippen LogP contribution is 2.32. The van der Waals surface area contributed by atoms with Gasteiger partial charge in [0.1, 0.15) is 5.75 Å². The fourth-order valence-electron chi connectivity index (χ4n) is 3.98. The normalized spacial score (nSPS) is 14.7. The second-order valence-electron chi connectivity index (χ2n) is 7.94. The maximum Gasteiger partial charge on any atom is 0.409 e. The van der Waals surface area contributed by atoms with Crippen molar-refractivity contribution in [2.45, 2.75) is 30.7 Å². The molecule has 3 aromatic rings. The van der Waals surface area contributed by atoms with Gasteiger partial charge in [-0.2, -0.15) is 0 Å². The van der Waals surface area contributed by atoms with Crippen LogP contribution in [0.25, 0.3) is 10.8 Å². The molecule has 1 N–H and O–H groups in total. The molecule has 1 aliphatic heterocycles. The molecule has 0 unspecified atom stereocenters. The van der Waals surface area contributed by atoms with Crippen molar-refractivity contribution in [3.63, 3.8) is 0 Å². The number of hydrogen-bond acceptors (Lipinski definition) is 6. The third kappa shape index (κ3) is 5.21. The SMILES string of the molecule is CCOC(=O)N1CCC(NS(=O)(=O)c2ccc(OC(=O)c3ccccc3)c3ccccc23)CC1. The molecule has 3 aromatic carbocycles. The molecule has 9 heteroatoms. The highest BCUT2D eigenvalue weighted by Gasteiger charge is 2.28. The second kappa shape index (κ2) is 10.2. The molecule has 0 aliphatic carbocycles. The monoisotopic (exact) mass is 482 g/mol. The van der Waals surface area contributed by atoms with E-state index < -0.39 is 16.0 Å². The summed E-state index contributed by atoms with van der Waals surface area (Å²) in [6, 6.07) is 18.2. The molecule has 0 spiro atoms. The first kappa shape index (κ1) is 23.7. The molecule has 178 valence electrons. The topological polar surface area (TPSA) is 102 Å². The highest BCUT2D eigenvalue weighted by atomic mass is 32.2. The van der Waals surface area contributed by atoms with Crippen LogP contribution in [0.1, 0.15) is 30.1 Å². The van der Waals surface area contributed by atoms with E-state index in [0.29, 0.717) is 48.9 Å². The van der Waals surface area contributed by atoms with E-state index in [2.05, 4.69) is 4.72 Å². The smallest absolute Gasteiger partial charge is 0.409 e. The lowest BCUT2D eigenvalue weighted by atomic mass is 10.1. The fraction of sp³-hybridized carbons (Fsp3) is 0.280. The Morgan fingerprint density at radius 2 is 1.59 bits per heavy atom. The number of benzene rings is 3. The lowest BCUT2D eigenvalue weighted by molar-refractivity contribution is 0.0736. The molecule has 1 amide bonds. The van der Waals surface area contributed by atoms with Crippen LogP contribution in [0.5, 0.6) is 5.75 Å². The average Bonchev–Trinajstić information content (AvgIpc) is 2.85. The summed E-state index contributed by atoms with van der Waals surface area (Å²) in [4.78, 5) is 26.1. The van der Waals surface area contributed by atoms with Crippen LogP contribution < -0.4 is 9.46 Å². The van der Waals surface area contributed by atoms with Gasteiger partial charge in [-0.15, -0.1) is 0 Å². The largest absolute Gasteiger partial charge is 0.450 e. The van der Waals surface area contributed by atoms with Gasteiger partial charge < -0.3 is 14.4 Å². The summed E-state index contributed by atoms with van der Waals surface area (Å²) in [5, 5.41) is 0.976. The predicted molar refractivity (Wildman–Crippen MR) is 127 cm³/mol. The van der Waals surface area contributed by atoms with Crippen LogP contribution in [-0.4, -0.2) is 51.1 Å². The summed E-state index contributed by atoms with van der Waals surface area (Å²) in [5.74, 6) is -0.237. The highest BCUT2D eigenvalue weighted by molar-refractivity contribution is 7.89. The van der Waals surface area contributed by atoms with Gasteiger partial charge in [0.15, 0.2) is 0 Å². The van der Waals surface area contributed by atoms with Gasteiger partial charge in [-0.1, -0.05) is 42.5 Å². The minimum atomic E-state index is -3.86. The Kier molecular flexibility index (Phi) is 7.14. The summed E-state index contributed by atoms with van der Waals surface area (Å²) in [6.07, 6.45) is 0.598. The van der Waals surface area contributed by atoms with Crippen molar-refractivity contribution in [1.29, 1.82) is 0 Å². The number of sulfonamides is 1. The summed E-state index contributed by atoms with van der Waals surface area (Å²) in [6.45, 7) is 2.88. The summed E-state index contributed by atoms with van der Waals surface area (Å²) >= 11 is 0. The number of carbonyl (C=O) groups excluding carboxylic acids is 2. The Hall–Kier alpha value is -3.43.